The predicted octanol–water partition coefficient (Wildman–Crippen LogP) is 0.689. The lowest BCUT2D eigenvalue weighted by Gasteiger charge is -2.39. The Bertz CT molecular complexity index is 958. The number of hydrogen-bond donors (Lipinski definition) is 1. The van der Waals surface area contributed by atoms with E-state index in [-0.39, 0.29) is 48.8 Å². The number of fused-ring (bicyclic) bond motifs is 2. The Hall–Kier alpha value is -2.43. The van der Waals surface area contributed by atoms with Gasteiger partial charge in [-0.25, -0.2) is 8.42 Å². The Morgan fingerprint density at radius 2 is 2.07 bits per heavy atom. The molecule has 4 rings (SSSR count). The van der Waals surface area contributed by atoms with E-state index in [4.69, 9.17) is 9.26 Å². The minimum atomic E-state index is -3.71. The zero-order valence-corrected chi connectivity index (χ0v) is 15.6. The largest absolute Gasteiger partial charge is 0.490 e. The van der Waals surface area contributed by atoms with Crippen molar-refractivity contribution in [1.82, 2.24) is 14.4 Å². The average Bonchev–Trinajstić information content (AvgIpc) is 3.10. The minimum Gasteiger partial charge on any atom is -0.490 e. The summed E-state index contributed by atoms with van der Waals surface area (Å²) >= 11 is 0. The number of hydrogen-bond acceptors (Lipinski definition) is 7. The molecule has 0 aliphatic carbocycles. The molecule has 2 aliphatic heterocycles. The number of amides is 1. The molecule has 0 saturated carbocycles. The van der Waals surface area contributed by atoms with Gasteiger partial charge in [0.25, 0.3) is 0 Å². The molecule has 2 aliphatic rings. The van der Waals surface area contributed by atoms with Gasteiger partial charge in [-0.3, -0.25) is 9.69 Å². The predicted molar refractivity (Wildman–Crippen MR) is 95.9 cm³/mol. The second-order valence-electron chi connectivity index (χ2n) is 6.59. The fourth-order valence-corrected chi connectivity index (χ4v) is 4.93. The van der Waals surface area contributed by atoms with Crippen LogP contribution in [0.3, 0.4) is 0 Å². The second kappa shape index (κ2) is 6.95. The number of rotatable bonds is 2. The summed E-state index contributed by atoms with van der Waals surface area (Å²) in [5, 5.41) is 6.42. The van der Waals surface area contributed by atoms with Crippen LogP contribution in [0.1, 0.15) is 5.76 Å². The van der Waals surface area contributed by atoms with Crippen molar-refractivity contribution in [1.29, 1.82) is 0 Å². The first-order valence-corrected chi connectivity index (χ1v) is 10.1. The van der Waals surface area contributed by atoms with Crippen LogP contribution in [0.15, 0.2) is 39.9 Å². The zero-order valence-electron chi connectivity index (χ0n) is 14.8. The zero-order chi connectivity index (χ0) is 19.0. The number of benzene rings is 1. The van der Waals surface area contributed by atoms with E-state index >= 15 is 0 Å². The van der Waals surface area contributed by atoms with Gasteiger partial charge in [-0.15, -0.1) is 0 Å². The number of sulfonamides is 1. The highest BCUT2D eigenvalue weighted by molar-refractivity contribution is 7.89. The highest BCUT2D eigenvalue weighted by atomic mass is 32.2. The number of piperazine rings is 1. The van der Waals surface area contributed by atoms with Crippen molar-refractivity contribution < 1.29 is 22.5 Å². The Labute approximate surface area is 156 Å². The summed E-state index contributed by atoms with van der Waals surface area (Å²) in [4.78, 5) is 14.4. The Morgan fingerprint density at radius 3 is 2.85 bits per heavy atom. The summed E-state index contributed by atoms with van der Waals surface area (Å²) in [6.07, 6.45) is 1.22. The van der Waals surface area contributed by atoms with Crippen LogP contribution in [0.4, 0.5) is 5.69 Å². The molecule has 0 radical (unpaired) electrons. The maximum absolute atomic E-state index is 12.9. The third kappa shape index (κ3) is 3.43. The first-order chi connectivity index (χ1) is 12.9. The molecule has 0 bridgehead atoms. The number of aryl methyl sites for hydroxylation is 1. The molecule has 0 spiro atoms. The van der Waals surface area contributed by atoms with Gasteiger partial charge in [0, 0.05) is 19.6 Å². The van der Waals surface area contributed by atoms with Gasteiger partial charge in [-0.2, -0.15) is 4.31 Å². The van der Waals surface area contributed by atoms with E-state index < -0.39 is 10.0 Å². The quantitative estimate of drug-likeness (QED) is 0.802. The molecule has 1 N–H and O–H groups in total. The molecular formula is C17H20N4O5S. The van der Waals surface area contributed by atoms with E-state index in [1.807, 2.05) is 17.0 Å². The molecule has 10 heteroatoms. The molecule has 1 fully saturated rings. The molecule has 1 amide bonds. The normalized spacial score (nSPS) is 21.8. The van der Waals surface area contributed by atoms with Gasteiger partial charge in [-0.05, 0) is 19.1 Å². The van der Waals surface area contributed by atoms with E-state index in [1.165, 1.54) is 10.5 Å². The van der Waals surface area contributed by atoms with Crippen LogP contribution in [0.25, 0.3) is 0 Å². The Morgan fingerprint density at radius 1 is 1.26 bits per heavy atom. The van der Waals surface area contributed by atoms with Crippen LogP contribution in [-0.4, -0.2) is 67.5 Å². The van der Waals surface area contributed by atoms with Gasteiger partial charge in [0.05, 0.1) is 24.5 Å². The third-order valence-corrected chi connectivity index (χ3v) is 6.79. The van der Waals surface area contributed by atoms with Gasteiger partial charge in [0.15, 0.2) is 5.76 Å². The second-order valence-corrected chi connectivity index (χ2v) is 8.50. The summed E-state index contributed by atoms with van der Waals surface area (Å²) in [7, 11) is -3.71. The summed E-state index contributed by atoms with van der Waals surface area (Å²) in [6, 6.07) is 6.97. The standard InChI is InChI=1S/C17H20N4O5S/c1-12-16(8-18-26-12)27(23,24)21-7-6-20-10-17(22)19-14-4-2-3-5-15(14)25-11-13(20)9-21/h2-5,8,13H,6-7,9-11H2,1H3,(H,19,22)/t13-/m1/s1. The lowest BCUT2D eigenvalue weighted by molar-refractivity contribution is -0.118. The smallest absolute Gasteiger partial charge is 0.248 e. The van der Waals surface area contributed by atoms with Crippen molar-refractivity contribution in [3.05, 3.63) is 36.2 Å². The number of nitrogens with zero attached hydrogens (tertiary/aromatic N) is 3. The lowest BCUT2D eigenvalue weighted by atomic mass is 10.2. The number of para-hydroxylation sites is 2. The van der Waals surface area contributed by atoms with Crippen molar-refractivity contribution in [3.63, 3.8) is 0 Å². The van der Waals surface area contributed by atoms with Crippen molar-refractivity contribution in [2.24, 2.45) is 0 Å². The Kier molecular flexibility index (Phi) is 4.62. The molecule has 3 heterocycles. The molecule has 1 aromatic heterocycles. The third-order valence-electron chi connectivity index (χ3n) is 4.83. The van der Waals surface area contributed by atoms with E-state index in [1.54, 1.807) is 19.1 Å². The van der Waals surface area contributed by atoms with Crippen LogP contribution >= 0.6 is 0 Å². The first-order valence-electron chi connectivity index (χ1n) is 8.62. The Balaban J connectivity index is 1.58. The van der Waals surface area contributed by atoms with Crippen LogP contribution < -0.4 is 10.1 Å². The van der Waals surface area contributed by atoms with Crippen molar-refractivity contribution in [2.45, 2.75) is 17.9 Å². The number of nitrogens with one attached hydrogen (secondary N) is 1. The molecule has 27 heavy (non-hydrogen) atoms. The summed E-state index contributed by atoms with van der Waals surface area (Å²) < 4.78 is 38.0. The molecular weight excluding hydrogens is 372 g/mol. The van der Waals surface area contributed by atoms with E-state index in [9.17, 15) is 13.2 Å². The fraction of sp³-hybridized carbons (Fsp3) is 0.412. The molecule has 1 aromatic carbocycles. The summed E-state index contributed by atoms with van der Waals surface area (Å²) in [5.74, 6) is 0.683. The van der Waals surface area contributed by atoms with E-state index in [2.05, 4.69) is 10.5 Å². The topological polar surface area (TPSA) is 105 Å². The molecule has 0 unspecified atom stereocenters. The summed E-state index contributed by atoms with van der Waals surface area (Å²) in [6.45, 7) is 2.97. The number of carbonyl (C=O) groups excluding carboxylic acids is 1. The van der Waals surface area contributed by atoms with Gasteiger partial charge in [0.2, 0.25) is 15.9 Å². The van der Waals surface area contributed by atoms with Crippen molar-refractivity contribution >= 4 is 21.6 Å². The molecule has 144 valence electrons. The highest BCUT2D eigenvalue weighted by Crippen LogP contribution is 2.27. The minimum absolute atomic E-state index is 0.0722. The van der Waals surface area contributed by atoms with Crippen molar-refractivity contribution in [2.75, 3.05) is 38.1 Å². The van der Waals surface area contributed by atoms with Crippen LogP contribution in [-0.2, 0) is 14.8 Å². The van der Waals surface area contributed by atoms with Gasteiger partial charge < -0.3 is 14.6 Å². The monoisotopic (exact) mass is 392 g/mol. The average molecular weight is 392 g/mol. The number of anilines is 1. The van der Waals surface area contributed by atoms with Crippen molar-refractivity contribution in [3.8, 4) is 5.75 Å². The molecule has 9 nitrogen and oxygen atoms in total. The molecule has 2 aromatic rings. The number of ether oxygens (including phenoxy) is 1. The van der Waals surface area contributed by atoms with Crippen LogP contribution in [0.2, 0.25) is 0 Å². The molecule has 1 atom stereocenters. The lowest BCUT2D eigenvalue weighted by Crippen LogP contribution is -2.57. The van der Waals surface area contributed by atoms with Gasteiger partial charge >= 0.3 is 0 Å². The maximum Gasteiger partial charge on any atom is 0.248 e. The van der Waals surface area contributed by atoms with Crippen LogP contribution in [0.5, 0.6) is 5.75 Å². The number of carbonyl (C=O) groups is 1. The fourth-order valence-electron chi connectivity index (χ4n) is 3.38. The van der Waals surface area contributed by atoms with Gasteiger partial charge in [0.1, 0.15) is 17.3 Å². The molecule has 1 saturated heterocycles. The highest BCUT2D eigenvalue weighted by Gasteiger charge is 2.37. The van der Waals surface area contributed by atoms with Gasteiger partial charge in [-0.1, -0.05) is 17.3 Å². The SMILES string of the molecule is Cc1oncc1S(=O)(=O)N1CCN2CC(=O)Nc3ccccc3OC[C@H]2C1. The first kappa shape index (κ1) is 18.0. The van der Waals surface area contributed by atoms with E-state index in [0.717, 1.165) is 0 Å². The van der Waals surface area contributed by atoms with Crippen LogP contribution in [0, 0.1) is 6.92 Å². The van der Waals surface area contributed by atoms with E-state index in [0.29, 0.717) is 18.0 Å². The summed E-state index contributed by atoms with van der Waals surface area (Å²) in [5.41, 5.74) is 0.618. The number of aromatic nitrogens is 1. The maximum atomic E-state index is 12.9.